The van der Waals surface area contributed by atoms with Crippen molar-refractivity contribution in [1.29, 1.82) is 0 Å². The summed E-state index contributed by atoms with van der Waals surface area (Å²) in [5.74, 6) is 1.17. The lowest BCUT2D eigenvalue weighted by Crippen LogP contribution is -2.42. The van der Waals surface area contributed by atoms with Crippen molar-refractivity contribution in [2.24, 2.45) is 4.99 Å². The van der Waals surface area contributed by atoms with Crippen LogP contribution in [0, 0.1) is 0 Å². The lowest BCUT2D eigenvalue weighted by atomic mass is 9.64. The number of H-pyrrole nitrogens is 1. The Bertz CT molecular complexity index is 1490. The molecule has 3 heterocycles. The summed E-state index contributed by atoms with van der Waals surface area (Å²) in [5, 5.41) is 0.939. The minimum absolute atomic E-state index is 0.0337. The lowest BCUT2D eigenvalue weighted by molar-refractivity contribution is 0.0601. The highest BCUT2D eigenvalue weighted by atomic mass is 32.2. The van der Waals surface area contributed by atoms with Crippen LogP contribution in [0.1, 0.15) is 45.6 Å². The first kappa shape index (κ1) is 24.3. The van der Waals surface area contributed by atoms with Gasteiger partial charge in [-0.3, -0.25) is 14.7 Å². The number of nitrogens with zero attached hydrogens (tertiary/aromatic N) is 2. The summed E-state index contributed by atoms with van der Waals surface area (Å²) in [4.78, 5) is 23.7. The number of carbonyl (C=O) groups is 1. The van der Waals surface area contributed by atoms with E-state index in [0.29, 0.717) is 39.5 Å². The van der Waals surface area contributed by atoms with Gasteiger partial charge in [0, 0.05) is 73.7 Å². The van der Waals surface area contributed by atoms with Crippen LogP contribution in [-0.4, -0.2) is 88.3 Å². The van der Waals surface area contributed by atoms with Gasteiger partial charge in [-0.05, 0) is 48.2 Å². The van der Waals surface area contributed by atoms with Crippen LogP contribution in [0.4, 0.5) is 0 Å². The van der Waals surface area contributed by atoms with Crippen molar-refractivity contribution in [2.45, 2.75) is 18.3 Å². The summed E-state index contributed by atoms with van der Waals surface area (Å²) in [6.45, 7) is 3.46. The van der Waals surface area contributed by atoms with Crippen LogP contribution in [-0.2, 0) is 20.0 Å². The van der Waals surface area contributed by atoms with Crippen molar-refractivity contribution < 1.29 is 22.7 Å². The minimum Gasteiger partial charge on any atom is -0.492 e. The molecule has 3 aliphatic rings. The fourth-order valence-electron chi connectivity index (χ4n) is 6.02. The molecule has 0 radical (unpaired) electrons. The molecule has 2 fully saturated rings. The zero-order valence-electron chi connectivity index (χ0n) is 21.0. The third-order valence-corrected chi connectivity index (χ3v) is 9.63. The molecule has 2 aliphatic heterocycles. The standard InChI is InChI=1S/C28H31N3O5S/c1-29-18-19-2-4-22-24(16-19)30-27-25(22)26(32)21-5-3-20(17-23(21)28(27)6-11-35-12-7-28)36-13-8-31-9-14-37(33,34)15-10-31/h2-5,16-18,30H,6-15H2,1H3/b29-18+. The first-order valence-electron chi connectivity index (χ1n) is 12.8. The Balaban J connectivity index is 1.33. The minimum atomic E-state index is -2.90. The Labute approximate surface area is 216 Å². The third kappa shape index (κ3) is 4.28. The Morgan fingerprint density at radius 1 is 1.14 bits per heavy atom. The Morgan fingerprint density at radius 2 is 1.92 bits per heavy atom. The van der Waals surface area contributed by atoms with E-state index in [0.717, 1.165) is 57.4 Å². The number of ketones is 1. The van der Waals surface area contributed by atoms with Gasteiger partial charge in [0.15, 0.2) is 15.6 Å². The van der Waals surface area contributed by atoms with Crippen LogP contribution >= 0.6 is 0 Å². The average molecular weight is 522 g/mol. The number of aliphatic imine (C=N–C) groups is 1. The van der Waals surface area contributed by atoms with Gasteiger partial charge in [-0.15, -0.1) is 0 Å². The summed E-state index contributed by atoms with van der Waals surface area (Å²) in [7, 11) is -1.15. The molecule has 1 aliphatic carbocycles. The predicted molar refractivity (Wildman–Crippen MR) is 143 cm³/mol. The van der Waals surface area contributed by atoms with Crippen molar-refractivity contribution in [3.63, 3.8) is 0 Å². The number of sulfone groups is 1. The van der Waals surface area contributed by atoms with Crippen LogP contribution in [0.15, 0.2) is 41.4 Å². The molecule has 9 heteroatoms. The molecule has 194 valence electrons. The maximum Gasteiger partial charge on any atom is 0.195 e. The molecule has 8 nitrogen and oxygen atoms in total. The monoisotopic (exact) mass is 521 g/mol. The molecule has 1 spiro atoms. The summed E-state index contributed by atoms with van der Waals surface area (Å²) < 4.78 is 35.3. The number of benzene rings is 2. The quantitative estimate of drug-likeness (QED) is 0.518. The van der Waals surface area contributed by atoms with Gasteiger partial charge in [0.1, 0.15) is 12.4 Å². The van der Waals surface area contributed by atoms with Crippen LogP contribution in [0.25, 0.3) is 10.9 Å². The van der Waals surface area contributed by atoms with E-state index in [-0.39, 0.29) is 22.7 Å². The molecule has 0 unspecified atom stereocenters. The molecule has 6 rings (SSSR count). The van der Waals surface area contributed by atoms with Gasteiger partial charge < -0.3 is 14.5 Å². The number of fused-ring (bicyclic) bond motifs is 6. The van der Waals surface area contributed by atoms with Crippen molar-refractivity contribution in [3.8, 4) is 5.75 Å². The van der Waals surface area contributed by atoms with Crippen molar-refractivity contribution in [2.75, 3.05) is 58.0 Å². The second-order valence-corrected chi connectivity index (χ2v) is 12.4. The number of aromatic amines is 1. The van der Waals surface area contributed by atoms with E-state index in [4.69, 9.17) is 9.47 Å². The summed E-state index contributed by atoms with van der Waals surface area (Å²) in [6, 6.07) is 11.9. The number of ether oxygens (including phenoxy) is 2. The van der Waals surface area contributed by atoms with Crippen LogP contribution in [0.5, 0.6) is 5.75 Å². The number of hydrogen-bond acceptors (Lipinski definition) is 7. The van der Waals surface area contributed by atoms with E-state index in [9.17, 15) is 13.2 Å². The maximum absolute atomic E-state index is 13.8. The first-order valence-corrected chi connectivity index (χ1v) is 14.6. The zero-order chi connectivity index (χ0) is 25.6. The number of rotatable bonds is 5. The van der Waals surface area contributed by atoms with Gasteiger partial charge in [0.2, 0.25) is 0 Å². The van der Waals surface area contributed by atoms with Crippen LogP contribution in [0.2, 0.25) is 0 Å². The highest BCUT2D eigenvalue weighted by Gasteiger charge is 2.47. The van der Waals surface area contributed by atoms with Gasteiger partial charge >= 0.3 is 0 Å². The molecule has 0 amide bonds. The van der Waals surface area contributed by atoms with E-state index in [2.05, 4.69) is 14.9 Å². The molecule has 0 atom stereocenters. The smallest absolute Gasteiger partial charge is 0.195 e. The fourth-order valence-corrected chi connectivity index (χ4v) is 7.30. The molecular weight excluding hydrogens is 490 g/mol. The summed E-state index contributed by atoms with van der Waals surface area (Å²) >= 11 is 0. The highest BCUT2D eigenvalue weighted by molar-refractivity contribution is 7.91. The van der Waals surface area contributed by atoms with Gasteiger partial charge in [-0.25, -0.2) is 8.42 Å². The predicted octanol–water partition coefficient (Wildman–Crippen LogP) is 2.97. The first-order chi connectivity index (χ1) is 17.9. The molecule has 0 saturated carbocycles. The molecule has 0 bridgehead atoms. The van der Waals surface area contributed by atoms with E-state index in [1.165, 1.54) is 0 Å². The average Bonchev–Trinajstić information content (AvgIpc) is 3.29. The third-order valence-electron chi connectivity index (χ3n) is 8.02. The SMILES string of the molecule is C/N=C/c1ccc2c3c([nH]c2c1)C1(CCOCC1)c1cc(OCCN2CCS(=O)(=O)CC2)ccc1C3=O. The Hall–Kier alpha value is -3.01. The van der Waals surface area contributed by atoms with Crippen LogP contribution in [0.3, 0.4) is 0 Å². The second kappa shape index (κ2) is 9.38. The normalized spacial score (nSPS) is 20.8. The molecule has 3 aromatic rings. The highest BCUT2D eigenvalue weighted by Crippen LogP contribution is 2.50. The van der Waals surface area contributed by atoms with Gasteiger partial charge in [0.05, 0.1) is 17.1 Å². The molecule has 1 N–H and O–H groups in total. The molecule has 2 aromatic carbocycles. The number of hydrogen-bond donors (Lipinski definition) is 1. The fraction of sp³-hybridized carbons (Fsp3) is 0.429. The van der Waals surface area contributed by atoms with E-state index in [1.807, 2.05) is 42.6 Å². The van der Waals surface area contributed by atoms with E-state index >= 15 is 0 Å². The molecular formula is C28H31N3O5S. The van der Waals surface area contributed by atoms with Crippen molar-refractivity contribution in [1.82, 2.24) is 9.88 Å². The number of nitrogens with one attached hydrogen (secondary N) is 1. The van der Waals surface area contributed by atoms with Crippen LogP contribution < -0.4 is 4.74 Å². The largest absolute Gasteiger partial charge is 0.492 e. The summed E-state index contributed by atoms with van der Waals surface area (Å²) in [5.41, 5.74) is 5.03. The second-order valence-electron chi connectivity index (χ2n) is 10.1. The van der Waals surface area contributed by atoms with E-state index < -0.39 is 9.84 Å². The van der Waals surface area contributed by atoms with E-state index in [1.54, 1.807) is 7.05 Å². The Morgan fingerprint density at radius 3 is 2.68 bits per heavy atom. The summed E-state index contributed by atoms with van der Waals surface area (Å²) in [6.07, 6.45) is 3.37. The lowest BCUT2D eigenvalue weighted by Gasteiger charge is -2.41. The number of aromatic nitrogens is 1. The topological polar surface area (TPSA) is 101 Å². The molecule has 37 heavy (non-hydrogen) atoms. The number of carbonyl (C=O) groups excluding carboxylic acids is 1. The maximum atomic E-state index is 13.8. The van der Waals surface area contributed by atoms with Gasteiger partial charge in [-0.2, -0.15) is 0 Å². The molecule has 1 aromatic heterocycles. The Kier molecular flexibility index (Phi) is 6.17. The van der Waals surface area contributed by atoms with Gasteiger partial charge in [0.25, 0.3) is 0 Å². The zero-order valence-corrected chi connectivity index (χ0v) is 21.8. The molecule has 2 saturated heterocycles. The van der Waals surface area contributed by atoms with Gasteiger partial charge in [-0.1, -0.05) is 12.1 Å². The van der Waals surface area contributed by atoms with Crippen molar-refractivity contribution in [3.05, 3.63) is 64.3 Å². The van der Waals surface area contributed by atoms with Crippen molar-refractivity contribution >= 4 is 32.7 Å².